The summed E-state index contributed by atoms with van der Waals surface area (Å²) >= 11 is 0. The molecule has 0 saturated heterocycles. The Morgan fingerprint density at radius 2 is 1.88 bits per heavy atom. The molecular formula is C22H31N3O. The number of nitriles is 1. The summed E-state index contributed by atoms with van der Waals surface area (Å²) in [5.41, 5.74) is 0.583. The zero-order valence-corrected chi connectivity index (χ0v) is 15.9. The quantitative estimate of drug-likeness (QED) is 0.748. The molecule has 140 valence electrons. The lowest BCUT2D eigenvalue weighted by molar-refractivity contribution is -0.124. The SMILES string of the molecule is CC(c1ccccc1)N(CC(=O)NC1(C#N)CCCCCC1)CC1CC1. The summed E-state index contributed by atoms with van der Waals surface area (Å²) in [6.07, 6.45) is 8.48. The second kappa shape index (κ2) is 8.68. The number of nitrogens with zero attached hydrogens (tertiary/aromatic N) is 2. The number of carbonyl (C=O) groups is 1. The van der Waals surface area contributed by atoms with Gasteiger partial charge in [0.1, 0.15) is 5.54 Å². The van der Waals surface area contributed by atoms with Crippen LogP contribution in [-0.4, -0.2) is 29.4 Å². The normalized spacial score (nSPS) is 20.8. The van der Waals surface area contributed by atoms with E-state index in [0.29, 0.717) is 6.54 Å². The van der Waals surface area contributed by atoms with Crippen molar-refractivity contribution in [3.8, 4) is 6.07 Å². The molecule has 1 aromatic carbocycles. The first-order valence-electron chi connectivity index (χ1n) is 10.1. The number of hydrogen-bond donors (Lipinski definition) is 1. The molecule has 2 aliphatic carbocycles. The zero-order valence-electron chi connectivity index (χ0n) is 15.9. The van der Waals surface area contributed by atoms with Gasteiger partial charge in [0.15, 0.2) is 0 Å². The fourth-order valence-corrected chi connectivity index (χ4v) is 4.02. The van der Waals surface area contributed by atoms with Crippen LogP contribution in [0.1, 0.15) is 69.9 Å². The Morgan fingerprint density at radius 3 is 2.46 bits per heavy atom. The lowest BCUT2D eigenvalue weighted by atomic mass is 9.92. The van der Waals surface area contributed by atoms with Crippen molar-refractivity contribution in [2.45, 2.75) is 69.9 Å². The third-order valence-corrected chi connectivity index (χ3v) is 5.92. The Morgan fingerprint density at radius 1 is 1.23 bits per heavy atom. The average Bonchev–Trinajstić information content (AvgIpc) is 3.49. The third-order valence-electron chi connectivity index (χ3n) is 5.92. The molecule has 26 heavy (non-hydrogen) atoms. The van der Waals surface area contributed by atoms with E-state index < -0.39 is 5.54 Å². The molecule has 0 heterocycles. The molecule has 2 fully saturated rings. The van der Waals surface area contributed by atoms with Crippen molar-refractivity contribution in [2.24, 2.45) is 5.92 Å². The van der Waals surface area contributed by atoms with E-state index in [2.05, 4.69) is 47.5 Å². The van der Waals surface area contributed by atoms with Gasteiger partial charge < -0.3 is 5.32 Å². The average molecular weight is 354 g/mol. The predicted molar refractivity (Wildman–Crippen MR) is 103 cm³/mol. The van der Waals surface area contributed by atoms with E-state index in [0.717, 1.165) is 51.0 Å². The second-order valence-electron chi connectivity index (χ2n) is 8.12. The minimum Gasteiger partial charge on any atom is -0.337 e. The lowest BCUT2D eigenvalue weighted by Gasteiger charge is -2.32. The van der Waals surface area contributed by atoms with Gasteiger partial charge in [0, 0.05) is 12.6 Å². The zero-order chi connectivity index (χ0) is 18.4. The highest BCUT2D eigenvalue weighted by Gasteiger charge is 2.34. The highest BCUT2D eigenvalue weighted by atomic mass is 16.2. The van der Waals surface area contributed by atoms with Crippen LogP contribution in [0.15, 0.2) is 30.3 Å². The van der Waals surface area contributed by atoms with Crippen molar-refractivity contribution in [3.05, 3.63) is 35.9 Å². The molecular weight excluding hydrogens is 322 g/mol. The van der Waals surface area contributed by atoms with Gasteiger partial charge in [-0.2, -0.15) is 5.26 Å². The maximum atomic E-state index is 12.8. The van der Waals surface area contributed by atoms with E-state index >= 15 is 0 Å². The Balaban J connectivity index is 1.65. The predicted octanol–water partition coefficient (Wildman–Crippen LogP) is 4.19. The van der Waals surface area contributed by atoms with Crippen molar-refractivity contribution in [1.29, 1.82) is 5.26 Å². The minimum atomic E-state index is -0.658. The maximum Gasteiger partial charge on any atom is 0.235 e. The lowest BCUT2D eigenvalue weighted by Crippen LogP contribution is -2.51. The van der Waals surface area contributed by atoms with Gasteiger partial charge in [-0.15, -0.1) is 0 Å². The topological polar surface area (TPSA) is 56.1 Å². The summed E-state index contributed by atoms with van der Waals surface area (Å²) < 4.78 is 0. The fourth-order valence-electron chi connectivity index (χ4n) is 4.02. The van der Waals surface area contributed by atoms with Crippen LogP contribution in [0.2, 0.25) is 0 Å². The molecule has 1 atom stereocenters. The van der Waals surface area contributed by atoms with Gasteiger partial charge in [-0.05, 0) is 44.1 Å². The highest BCUT2D eigenvalue weighted by molar-refractivity contribution is 5.79. The van der Waals surface area contributed by atoms with Crippen LogP contribution < -0.4 is 5.32 Å². The van der Waals surface area contributed by atoms with E-state index in [-0.39, 0.29) is 11.9 Å². The van der Waals surface area contributed by atoms with Crippen LogP contribution in [0.5, 0.6) is 0 Å². The molecule has 4 heteroatoms. The standard InChI is InChI=1S/C22H31N3O/c1-18(20-9-5-4-6-10-20)25(15-19-11-12-19)16-21(26)24-22(17-23)13-7-2-3-8-14-22/h4-6,9-10,18-19H,2-3,7-8,11-16H2,1H3,(H,24,26). The monoisotopic (exact) mass is 353 g/mol. The van der Waals surface area contributed by atoms with Crippen LogP contribution in [0.25, 0.3) is 0 Å². The van der Waals surface area contributed by atoms with E-state index in [1.807, 2.05) is 6.07 Å². The Bertz CT molecular complexity index is 625. The van der Waals surface area contributed by atoms with Gasteiger partial charge in [0.2, 0.25) is 5.91 Å². The van der Waals surface area contributed by atoms with E-state index in [1.165, 1.54) is 18.4 Å². The Labute approximate surface area is 157 Å². The van der Waals surface area contributed by atoms with Crippen molar-refractivity contribution >= 4 is 5.91 Å². The molecule has 0 aromatic heterocycles. The summed E-state index contributed by atoms with van der Waals surface area (Å²) in [5, 5.41) is 12.8. The van der Waals surface area contributed by atoms with Crippen LogP contribution in [0.3, 0.4) is 0 Å². The number of rotatable bonds is 7. The summed E-state index contributed by atoms with van der Waals surface area (Å²) in [7, 11) is 0. The molecule has 2 aliphatic rings. The van der Waals surface area contributed by atoms with Gasteiger partial charge in [0.05, 0.1) is 12.6 Å². The second-order valence-corrected chi connectivity index (χ2v) is 8.12. The van der Waals surface area contributed by atoms with E-state index in [1.54, 1.807) is 0 Å². The van der Waals surface area contributed by atoms with Crippen molar-refractivity contribution in [3.63, 3.8) is 0 Å². The maximum absolute atomic E-state index is 12.8. The van der Waals surface area contributed by atoms with E-state index in [9.17, 15) is 10.1 Å². The number of carbonyl (C=O) groups excluding carboxylic acids is 1. The van der Waals surface area contributed by atoms with Crippen molar-refractivity contribution in [1.82, 2.24) is 10.2 Å². The molecule has 1 amide bonds. The molecule has 1 aromatic rings. The molecule has 2 saturated carbocycles. The van der Waals surface area contributed by atoms with Gasteiger partial charge in [-0.1, -0.05) is 56.0 Å². The van der Waals surface area contributed by atoms with Crippen LogP contribution in [0, 0.1) is 17.2 Å². The van der Waals surface area contributed by atoms with Crippen LogP contribution >= 0.6 is 0 Å². The van der Waals surface area contributed by atoms with Gasteiger partial charge in [-0.3, -0.25) is 9.69 Å². The first kappa shape index (κ1) is 18.9. The Kier molecular flexibility index (Phi) is 6.32. The number of benzene rings is 1. The van der Waals surface area contributed by atoms with Crippen molar-refractivity contribution in [2.75, 3.05) is 13.1 Å². The summed E-state index contributed by atoms with van der Waals surface area (Å²) in [6.45, 7) is 3.51. The minimum absolute atomic E-state index is 0.00289. The van der Waals surface area contributed by atoms with Gasteiger partial charge >= 0.3 is 0 Å². The molecule has 0 spiro atoms. The van der Waals surface area contributed by atoms with E-state index in [4.69, 9.17) is 0 Å². The summed E-state index contributed by atoms with van der Waals surface area (Å²) in [4.78, 5) is 15.1. The summed E-state index contributed by atoms with van der Waals surface area (Å²) in [6, 6.07) is 13.0. The highest BCUT2D eigenvalue weighted by Crippen LogP contribution is 2.33. The first-order valence-corrected chi connectivity index (χ1v) is 10.1. The number of hydrogen-bond acceptors (Lipinski definition) is 3. The smallest absolute Gasteiger partial charge is 0.235 e. The fraction of sp³-hybridized carbons (Fsp3) is 0.636. The van der Waals surface area contributed by atoms with Gasteiger partial charge in [0.25, 0.3) is 0 Å². The molecule has 0 bridgehead atoms. The number of amides is 1. The third kappa shape index (κ3) is 5.08. The molecule has 0 aliphatic heterocycles. The van der Waals surface area contributed by atoms with Crippen molar-refractivity contribution < 1.29 is 4.79 Å². The molecule has 1 unspecified atom stereocenters. The molecule has 3 rings (SSSR count). The molecule has 0 radical (unpaired) electrons. The van der Waals surface area contributed by atoms with Crippen LogP contribution in [0.4, 0.5) is 0 Å². The molecule has 4 nitrogen and oxygen atoms in total. The van der Waals surface area contributed by atoms with Gasteiger partial charge in [-0.25, -0.2) is 0 Å². The Hall–Kier alpha value is -1.86. The largest absolute Gasteiger partial charge is 0.337 e. The number of nitrogens with one attached hydrogen (secondary N) is 1. The molecule has 1 N–H and O–H groups in total. The van der Waals surface area contributed by atoms with Crippen LogP contribution in [-0.2, 0) is 4.79 Å². The summed E-state index contributed by atoms with van der Waals surface area (Å²) in [5.74, 6) is 0.716. The first-order chi connectivity index (χ1) is 12.6.